The fraction of sp³-hybridized carbons (Fsp3) is 0.467. The molecule has 1 N–H and O–H groups in total. The minimum atomic E-state index is -0.634. The molecule has 114 valence electrons. The molecule has 21 heavy (non-hydrogen) atoms. The zero-order valence-electron chi connectivity index (χ0n) is 12.4. The first kappa shape index (κ1) is 15.3. The summed E-state index contributed by atoms with van der Waals surface area (Å²) >= 11 is 0. The number of ketones is 1. The lowest BCUT2D eigenvalue weighted by Gasteiger charge is -2.34. The van der Waals surface area contributed by atoms with Crippen molar-refractivity contribution >= 4 is 17.4 Å². The second kappa shape index (κ2) is 6.13. The first-order valence-corrected chi connectivity index (χ1v) is 6.81. The summed E-state index contributed by atoms with van der Waals surface area (Å²) in [6.45, 7) is 3.05. The Hall–Kier alpha value is -2.08. The number of fused-ring (bicyclic) bond motifs is 1. The Labute approximate surface area is 123 Å². The van der Waals surface area contributed by atoms with Crippen molar-refractivity contribution in [3.63, 3.8) is 0 Å². The van der Waals surface area contributed by atoms with Gasteiger partial charge in [-0.05, 0) is 31.0 Å². The van der Waals surface area contributed by atoms with Crippen molar-refractivity contribution < 1.29 is 24.2 Å². The number of Topliss-reactive ketones (excluding diaryl/α,β-unsaturated/α-hetero) is 1. The molecule has 1 atom stereocenters. The maximum Gasteiger partial charge on any atom is 0.268 e. The van der Waals surface area contributed by atoms with E-state index in [1.807, 2.05) is 6.92 Å². The molecular formula is C15H19NO5. The van der Waals surface area contributed by atoms with E-state index < -0.39 is 6.10 Å². The molecular weight excluding hydrogens is 274 g/mol. The molecule has 1 heterocycles. The van der Waals surface area contributed by atoms with E-state index in [4.69, 9.17) is 9.47 Å². The number of anilines is 1. The quantitative estimate of drug-likeness (QED) is 0.885. The molecule has 0 aromatic heterocycles. The van der Waals surface area contributed by atoms with Crippen LogP contribution in [-0.2, 0) is 16.2 Å². The zero-order chi connectivity index (χ0) is 15.6. The molecule has 1 aliphatic heterocycles. The van der Waals surface area contributed by atoms with E-state index >= 15 is 0 Å². The largest absolute Gasteiger partial charge is 0.493 e. The lowest BCUT2D eigenvalue weighted by atomic mass is 10.1. The fourth-order valence-corrected chi connectivity index (χ4v) is 2.33. The Morgan fingerprint density at radius 1 is 1.48 bits per heavy atom. The number of ether oxygens (including phenoxy) is 2. The van der Waals surface area contributed by atoms with Crippen LogP contribution in [0.15, 0.2) is 12.1 Å². The van der Waals surface area contributed by atoms with Gasteiger partial charge in [-0.15, -0.1) is 0 Å². The van der Waals surface area contributed by atoms with Crippen molar-refractivity contribution in [2.45, 2.75) is 33.0 Å². The number of aliphatic hydroxyl groups excluding tert-OH is 1. The van der Waals surface area contributed by atoms with E-state index in [0.29, 0.717) is 29.2 Å². The van der Waals surface area contributed by atoms with Crippen LogP contribution in [-0.4, -0.2) is 36.6 Å². The van der Waals surface area contributed by atoms with Gasteiger partial charge in [-0.1, -0.05) is 6.92 Å². The van der Waals surface area contributed by atoms with Crippen LogP contribution in [0.2, 0.25) is 0 Å². The first-order chi connectivity index (χ1) is 10.0. The molecule has 0 aliphatic carbocycles. The summed E-state index contributed by atoms with van der Waals surface area (Å²) in [5.74, 6) is 0.496. The van der Waals surface area contributed by atoms with E-state index in [0.717, 1.165) is 0 Å². The molecule has 1 amide bonds. The van der Waals surface area contributed by atoms with Gasteiger partial charge >= 0.3 is 0 Å². The highest BCUT2D eigenvalue weighted by Gasteiger charge is 2.36. The SMILES string of the molecule is CCC1Oc2c(OC)cc(CO)cc2N(CC(C)=O)C1=O. The number of benzene rings is 1. The molecule has 2 rings (SSSR count). The molecule has 0 radical (unpaired) electrons. The average molecular weight is 293 g/mol. The van der Waals surface area contributed by atoms with Crippen LogP contribution < -0.4 is 14.4 Å². The molecule has 1 aromatic rings. The van der Waals surface area contributed by atoms with Crippen molar-refractivity contribution in [2.75, 3.05) is 18.6 Å². The molecule has 6 nitrogen and oxygen atoms in total. The Kier molecular flexibility index (Phi) is 4.47. The summed E-state index contributed by atoms with van der Waals surface area (Å²) in [6.07, 6.45) is -0.136. The maximum absolute atomic E-state index is 12.4. The minimum absolute atomic E-state index is 0.0241. The van der Waals surface area contributed by atoms with Gasteiger partial charge in [0.05, 0.1) is 25.9 Å². The Morgan fingerprint density at radius 3 is 2.71 bits per heavy atom. The second-order valence-corrected chi connectivity index (χ2v) is 4.95. The number of hydrogen-bond donors (Lipinski definition) is 1. The third-order valence-corrected chi connectivity index (χ3v) is 3.34. The van der Waals surface area contributed by atoms with E-state index in [-0.39, 0.29) is 24.8 Å². The van der Waals surface area contributed by atoms with Crippen LogP contribution in [0.3, 0.4) is 0 Å². The smallest absolute Gasteiger partial charge is 0.268 e. The number of amides is 1. The number of rotatable bonds is 5. The molecule has 0 saturated carbocycles. The van der Waals surface area contributed by atoms with Crippen LogP contribution in [0.1, 0.15) is 25.8 Å². The number of hydrogen-bond acceptors (Lipinski definition) is 5. The van der Waals surface area contributed by atoms with Crippen LogP contribution in [0.25, 0.3) is 0 Å². The van der Waals surface area contributed by atoms with Gasteiger partial charge in [0.15, 0.2) is 17.6 Å². The van der Waals surface area contributed by atoms with Crippen LogP contribution in [0.5, 0.6) is 11.5 Å². The lowest BCUT2D eigenvalue weighted by molar-refractivity contribution is -0.128. The highest BCUT2D eigenvalue weighted by atomic mass is 16.5. The van der Waals surface area contributed by atoms with Gasteiger partial charge < -0.3 is 14.6 Å². The molecule has 1 aromatic carbocycles. The second-order valence-electron chi connectivity index (χ2n) is 4.95. The number of carbonyl (C=O) groups excluding carboxylic acids is 2. The highest BCUT2D eigenvalue weighted by Crippen LogP contribution is 2.43. The summed E-state index contributed by atoms with van der Waals surface area (Å²) in [5, 5.41) is 9.32. The monoisotopic (exact) mass is 293 g/mol. The van der Waals surface area contributed by atoms with Gasteiger partial charge in [0.1, 0.15) is 5.78 Å². The molecule has 0 fully saturated rings. The summed E-state index contributed by atoms with van der Waals surface area (Å²) in [4.78, 5) is 25.3. The van der Waals surface area contributed by atoms with Crippen molar-refractivity contribution in [1.29, 1.82) is 0 Å². The Balaban J connectivity index is 2.58. The molecule has 0 spiro atoms. The van der Waals surface area contributed by atoms with Gasteiger partial charge in [-0.25, -0.2) is 0 Å². The molecule has 1 aliphatic rings. The predicted molar refractivity (Wildman–Crippen MR) is 76.7 cm³/mol. The highest BCUT2D eigenvalue weighted by molar-refractivity contribution is 6.04. The van der Waals surface area contributed by atoms with Crippen molar-refractivity contribution in [2.24, 2.45) is 0 Å². The average Bonchev–Trinajstić information content (AvgIpc) is 2.48. The summed E-state index contributed by atoms with van der Waals surface area (Å²) < 4.78 is 11.0. The van der Waals surface area contributed by atoms with Gasteiger partial charge in [-0.2, -0.15) is 0 Å². The fourth-order valence-electron chi connectivity index (χ4n) is 2.33. The third kappa shape index (κ3) is 2.85. The third-order valence-electron chi connectivity index (χ3n) is 3.34. The molecule has 1 unspecified atom stereocenters. The molecule has 0 saturated heterocycles. The zero-order valence-corrected chi connectivity index (χ0v) is 12.4. The number of nitrogens with zero attached hydrogens (tertiary/aromatic N) is 1. The Bertz CT molecular complexity index is 569. The number of carbonyl (C=O) groups is 2. The number of methoxy groups -OCH3 is 1. The minimum Gasteiger partial charge on any atom is -0.493 e. The van der Waals surface area contributed by atoms with Crippen LogP contribution >= 0.6 is 0 Å². The van der Waals surface area contributed by atoms with Gasteiger partial charge in [0, 0.05) is 0 Å². The van der Waals surface area contributed by atoms with E-state index in [1.54, 1.807) is 12.1 Å². The molecule has 6 heteroatoms. The van der Waals surface area contributed by atoms with E-state index in [2.05, 4.69) is 0 Å². The predicted octanol–water partition coefficient (Wildman–Crippen LogP) is 1.28. The first-order valence-electron chi connectivity index (χ1n) is 6.81. The van der Waals surface area contributed by atoms with Crippen molar-refractivity contribution in [1.82, 2.24) is 0 Å². The summed E-state index contributed by atoms with van der Waals surface area (Å²) in [5.41, 5.74) is 1.05. The van der Waals surface area contributed by atoms with E-state index in [9.17, 15) is 14.7 Å². The van der Waals surface area contributed by atoms with Gasteiger partial charge in [0.25, 0.3) is 5.91 Å². The van der Waals surface area contributed by atoms with Gasteiger partial charge in [0.2, 0.25) is 0 Å². The van der Waals surface area contributed by atoms with Crippen molar-refractivity contribution in [3.05, 3.63) is 17.7 Å². The number of aliphatic hydroxyl groups is 1. The lowest BCUT2D eigenvalue weighted by Crippen LogP contribution is -2.47. The maximum atomic E-state index is 12.4. The molecule has 0 bridgehead atoms. The summed E-state index contributed by atoms with van der Waals surface area (Å²) in [6, 6.07) is 3.30. The normalized spacial score (nSPS) is 17.2. The summed E-state index contributed by atoms with van der Waals surface area (Å²) in [7, 11) is 1.49. The topological polar surface area (TPSA) is 76.1 Å². The standard InChI is InChI=1S/C15H19NO5/c1-4-12-15(19)16(7-9(2)18)11-5-10(8-17)6-13(20-3)14(11)21-12/h5-6,12,17H,4,7-8H2,1-3H3. The van der Waals surface area contributed by atoms with Crippen LogP contribution in [0, 0.1) is 0 Å². The van der Waals surface area contributed by atoms with E-state index in [1.165, 1.54) is 18.9 Å². The Morgan fingerprint density at radius 2 is 2.19 bits per heavy atom. The van der Waals surface area contributed by atoms with Crippen LogP contribution in [0.4, 0.5) is 5.69 Å². The van der Waals surface area contributed by atoms with Crippen molar-refractivity contribution in [3.8, 4) is 11.5 Å². The van der Waals surface area contributed by atoms with Gasteiger partial charge in [-0.3, -0.25) is 14.5 Å².